The number of likely N-dealkylation sites (N-methyl/N-ethyl adjacent to an activating group) is 1. The number of rotatable bonds is 2. The van der Waals surface area contributed by atoms with E-state index in [2.05, 4.69) is 22.5 Å². The standard InChI is InChI=1S/C9H19N3S/c1-3-12-6-4-5-8(7-12)11-9(13)10-2/h8H,3-7H2,1-2H3,(H2,10,11,13). The van der Waals surface area contributed by atoms with E-state index in [0.717, 1.165) is 18.2 Å². The van der Waals surface area contributed by atoms with E-state index < -0.39 is 0 Å². The zero-order valence-electron chi connectivity index (χ0n) is 8.47. The van der Waals surface area contributed by atoms with Crippen LogP contribution in [0.4, 0.5) is 0 Å². The molecule has 1 aliphatic heterocycles. The SMILES string of the molecule is CCN1CCCC(NC(=S)NC)C1. The van der Waals surface area contributed by atoms with Crippen LogP contribution in [0.15, 0.2) is 0 Å². The first-order valence-electron chi connectivity index (χ1n) is 4.97. The van der Waals surface area contributed by atoms with Crippen molar-refractivity contribution in [2.24, 2.45) is 0 Å². The van der Waals surface area contributed by atoms with Gasteiger partial charge in [0, 0.05) is 19.6 Å². The van der Waals surface area contributed by atoms with Gasteiger partial charge in [0.1, 0.15) is 0 Å². The van der Waals surface area contributed by atoms with Gasteiger partial charge in [-0.05, 0) is 38.1 Å². The van der Waals surface area contributed by atoms with E-state index in [1.165, 1.54) is 19.4 Å². The van der Waals surface area contributed by atoms with Gasteiger partial charge in [-0.1, -0.05) is 6.92 Å². The van der Waals surface area contributed by atoms with Gasteiger partial charge in [0.25, 0.3) is 0 Å². The van der Waals surface area contributed by atoms with E-state index in [9.17, 15) is 0 Å². The summed E-state index contributed by atoms with van der Waals surface area (Å²) in [5, 5.41) is 7.03. The third-order valence-electron chi connectivity index (χ3n) is 2.52. The van der Waals surface area contributed by atoms with Crippen molar-refractivity contribution in [2.75, 3.05) is 26.7 Å². The molecule has 0 spiro atoms. The Bertz CT molecular complexity index is 172. The third-order valence-corrected chi connectivity index (χ3v) is 2.84. The summed E-state index contributed by atoms with van der Waals surface area (Å²) in [5.41, 5.74) is 0. The van der Waals surface area contributed by atoms with Gasteiger partial charge < -0.3 is 15.5 Å². The van der Waals surface area contributed by atoms with E-state index in [0.29, 0.717) is 6.04 Å². The molecule has 1 saturated heterocycles. The molecule has 2 N–H and O–H groups in total. The highest BCUT2D eigenvalue weighted by molar-refractivity contribution is 7.80. The molecule has 76 valence electrons. The van der Waals surface area contributed by atoms with Crippen molar-refractivity contribution in [1.29, 1.82) is 0 Å². The topological polar surface area (TPSA) is 27.3 Å². The Balaban J connectivity index is 2.29. The van der Waals surface area contributed by atoms with E-state index in [1.54, 1.807) is 0 Å². The molecule has 0 aliphatic carbocycles. The lowest BCUT2D eigenvalue weighted by Gasteiger charge is -2.32. The zero-order valence-corrected chi connectivity index (χ0v) is 9.28. The molecular weight excluding hydrogens is 182 g/mol. The number of nitrogens with zero attached hydrogens (tertiary/aromatic N) is 1. The molecule has 3 nitrogen and oxygen atoms in total. The number of piperidine rings is 1. The Morgan fingerprint density at radius 3 is 3.00 bits per heavy atom. The van der Waals surface area contributed by atoms with Gasteiger partial charge in [-0.2, -0.15) is 0 Å². The second kappa shape index (κ2) is 5.40. The molecule has 0 radical (unpaired) electrons. The molecular formula is C9H19N3S. The smallest absolute Gasteiger partial charge is 0.166 e. The Hall–Kier alpha value is -0.350. The van der Waals surface area contributed by atoms with E-state index in [-0.39, 0.29) is 0 Å². The minimum absolute atomic E-state index is 0.536. The van der Waals surface area contributed by atoms with Gasteiger partial charge in [0.2, 0.25) is 0 Å². The predicted octanol–water partition coefficient (Wildman–Crippen LogP) is 0.565. The molecule has 1 heterocycles. The Morgan fingerprint density at radius 1 is 1.62 bits per heavy atom. The van der Waals surface area contributed by atoms with Gasteiger partial charge in [-0.3, -0.25) is 0 Å². The number of hydrogen-bond acceptors (Lipinski definition) is 2. The summed E-state index contributed by atoms with van der Waals surface area (Å²) >= 11 is 5.07. The number of likely N-dealkylation sites (tertiary alicyclic amines) is 1. The van der Waals surface area contributed by atoms with Crippen LogP contribution >= 0.6 is 12.2 Å². The van der Waals surface area contributed by atoms with E-state index in [4.69, 9.17) is 12.2 Å². The van der Waals surface area contributed by atoms with Crippen molar-refractivity contribution in [2.45, 2.75) is 25.8 Å². The molecule has 0 aromatic carbocycles. The van der Waals surface area contributed by atoms with Gasteiger partial charge in [-0.15, -0.1) is 0 Å². The van der Waals surface area contributed by atoms with Crippen molar-refractivity contribution >= 4 is 17.3 Å². The van der Waals surface area contributed by atoms with Crippen LogP contribution < -0.4 is 10.6 Å². The van der Waals surface area contributed by atoms with Crippen molar-refractivity contribution < 1.29 is 0 Å². The molecule has 1 unspecified atom stereocenters. The quantitative estimate of drug-likeness (QED) is 0.639. The molecule has 1 atom stereocenters. The summed E-state index contributed by atoms with van der Waals surface area (Å²) in [6.07, 6.45) is 2.51. The third kappa shape index (κ3) is 3.48. The Labute approximate surface area is 85.9 Å². The molecule has 0 aromatic rings. The summed E-state index contributed by atoms with van der Waals surface area (Å²) in [5.74, 6) is 0. The van der Waals surface area contributed by atoms with Crippen molar-refractivity contribution in [3.63, 3.8) is 0 Å². The van der Waals surface area contributed by atoms with Crippen LogP contribution in [0.2, 0.25) is 0 Å². The van der Waals surface area contributed by atoms with Crippen LogP contribution in [-0.4, -0.2) is 42.7 Å². The maximum atomic E-state index is 5.07. The molecule has 0 bridgehead atoms. The van der Waals surface area contributed by atoms with Gasteiger partial charge in [0.05, 0.1) is 0 Å². The van der Waals surface area contributed by atoms with Crippen LogP contribution in [0.5, 0.6) is 0 Å². The first-order valence-corrected chi connectivity index (χ1v) is 5.37. The van der Waals surface area contributed by atoms with Crippen LogP contribution in [0.1, 0.15) is 19.8 Å². The lowest BCUT2D eigenvalue weighted by Crippen LogP contribution is -2.49. The van der Waals surface area contributed by atoms with Gasteiger partial charge in [0.15, 0.2) is 5.11 Å². The second-order valence-electron chi connectivity index (χ2n) is 3.46. The van der Waals surface area contributed by atoms with E-state index >= 15 is 0 Å². The van der Waals surface area contributed by atoms with Gasteiger partial charge >= 0.3 is 0 Å². The monoisotopic (exact) mass is 201 g/mol. The van der Waals surface area contributed by atoms with Crippen LogP contribution in [-0.2, 0) is 0 Å². The van der Waals surface area contributed by atoms with E-state index in [1.807, 2.05) is 7.05 Å². The average molecular weight is 201 g/mol. The van der Waals surface area contributed by atoms with Crippen molar-refractivity contribution in [3.8, 4) is 0 Å². The second-order valence-corrected chi connectivity index (χ2v) is 3.86. The van der Waals surface area contributed by atoms with Crippen LogP contribution in [0, 0.1) is 0 Å². The maximum absolute atomic E-state index is 5.07. The number of thiocarbonyl (C=S) groups is 1. The summed E-state index contributed by atoms with van der Waals surface area (Å²) in [7, 11) is 1.86. The number of nitrogens with one attached hydrogen (secondary N) is 2. The molecule has 0 saturated carbocycles. The molecule has 13 heavy (non-hydrogen) atoms. The average Bonchev–Trinajstić information content (AvgIpc) is 2.18. The summed E-state index contributed by atoms with van der Waals surface area (Å²) in [6, 6.07) is 0.536. The highest BCUT2D eigenvalue weighted by Gasteiger charge is 2.18. The summed E-state index contributed by atoms with van der Waals surface area (Å²) < 4.78 is 0. The first-order chi connectivity index (χ1) is 6.26. The predicted molar refractivity (Wildman–Crippen MR) is 59.9 cm³/mol. The molecule has 1 fully saturated rings. The molecule has 0 aromatic heterocycles. The maximum Gasteiger partial charge on any atom is 0.166 e. The molecule has 1 aliphatic rings. The molecule has 4 heteroatoms. The summed E-state index contributed by atoms with van der Waals surface area (Å²) in [6.45, 7) is 5.71. The minimum atomic E-state index is 0.536. The van der Waals surface area contributed by atoms with Crippen LogP contribution in [0.25, 0.3) is 0 Å². The Morgan fingerprint density at radius 2 is 2.38 bits per heavy atom. The summed E-state index contributed by atoms with van der Waals surface area (Å²) in [4.78, 5) is 2.46. The zero-order chi connectivity index (χ0) is 9.68. The lowest BCUT2D eigenvalue weighted by atomic mass is 10.1. The fourth-order valence-corrected chi connectivity index (χ4v) is 1.88. The minimum Gasteiger partial charge on any atom is -0.366 e. The van der Waals surface area contributed by atoms with Crippen molar-refractivity contribution in [3.05, 3.63) is 0 Å². The highest BCUT2D eigenvalue weighted by atomic mass is 32.1. The van der Waals surface area contributed by atoms with Crippen molar-refractivity contribution in [1.82, 2.24) is 15.5 Å². The lowest BCUT2D eigenvalue weighted by molar-refractivity contribution is 0.210. The normalized spacial score (nSPS) is 24.0. The fraction of sp³-hybridized carbons (Fsp3) is 0.889. The fourth-order valence-electron chi connectivity index (χ4n) is 1.72. The van der Waals surface area contributed by atoms with Gasteiger partial charge in [-0.25, -0.2) is 0 Å². The van der Waals surface area contributed by atoms with Crippen LogP contribution in [0.3, 0.4) is 0 Å². The Kier molecular flexibility index (Phi) is 4.45. The highest BCUT2D eigenvalue weighted by Crippen LogP contribution is 2.08. The first kappa shape index (κ1) is 10.7. The molecule has 0 amide bonds. The molecule has 1 rings (SSSR count). The largest absolute Gasteiger partial charge is 0.366 e. The number of hydrogen-bond donors (Lipinski definition) is 2.